The summed E-state index contributed by atoms with van der Waals surface area (Å²) in [5.74, 6) is -7.05. The average molecular weight is 527 g/mol. The molecule has 8 rings (SSSR count). The summed E-state index contributed by atoms with van der Waals surface area (Å²) in [5, 5.41) is 24.3. The maximum atomic E-state index is 14.9. The summed E-state index contributed by atoms with van der Waals surface area (Å²) < 4.78 is 24.7. The number of hydrogen-bond acceptors (Lipinski definition) is 10. The molecule has 0 aromatic heterocycles. The van der Waals surface area contributed by atoms with Gasteiger partial charge in [-0.15, -0.1) is 0 Å². The van der Waals surface area contributed by atoms with Crippen LogP contribution < -0.4 is 0 Å². The summed E-state index contributed by atoms with van der Waals surface area (Å²) in [7, 11) is 0. The van der Waals surface area contributed by atoms with Crippen LogP contribution in [0, 0.1) is 28.6 Å². The third-order valence-corrected chi connectivity index (χ3v) is 12.1. The van der Waals surface area contributed by atoms with Crippen LogP contribution in [0.1, 0.15) is 52.9 Å². The number of aliphatic hydroxyl groups is 2. The number of hydrogen-bond donors (Lipinski definition) is 2. The molecule has 0 aromatic rings. The van der Waals surface area contributed by atoms with E-state index in [4.69, 9.17) is 18.9 Å². The van der Waals surface area contributed by atoms with Gasteiger partial charge < -0.3 is 29.2 Å². The Morgan fingerprint density at radius 3 is 2.53 bits per heavy atom. The summed E-state index contributed by atoms with van der Waals surface area (Å²) >= 11 is 0. The fourth-order valence-electron chi connectivity index (χ4n) is 9.97. The van der Waals surface area contributed by atoms with Crippen LogP contribution in [0.2, 0.25) is 0 Å². The highest BCUT2D eigenvalue weighted by Crippen LogP contribution is 2.75. The lowest BCUT2D eigenvalue weighted by Crippen LogP contribution is -2.82. The van der Waals surface area contributed by atoms with Crippen LogP contribution >= 0.6 is 0 Å². The molecule has 2 N–H and O–H groups in total. The summed E-state index contributed by atoms with van der Waals surface area (Å²) in [6, 6.07) is 0. The monoisotopic (exact) mass is 526 g/mol. The van der Waals surface area contributed by atoms with E-state index in [1.165, 1.54) is 6.92 Å². The number of esters is 2. The van der Waals surface area contributed by atoms with Crippen molar-refractivity contribution in [2.24, 2.45) is 28.6 Å². The van der Waals surface area contributed by atoms with E-state index in [0.29, 0.717) is 12.8 Å². The zero-order chi connectivity index (χ0) is 26.9. The van der Waals surface area contributed by atoms with Crippen LogP contribution in [0.15, 0.2) is 23.8 Å². The second-order valence-corrected chi connectivity index (χ2v) is 13.2. The maximum Gasteiger partial charge on any atom is 0.342 e. The Morgan fingerprint density at radius 2 is 1.76 bits per heavy atom. The molecule has 5 heterocycles. The topological polar surface area (TPSA) is 146 Å². The predicted molar refractivity (Wildman–Crippen MR) is 124 cm³/mol. The Labute approximate surface area is 218 Å². The van der Waals surface area contributed by atoms with Crippen molar-refractivity contribution in [2.75, 3.05) is 6.61 Å². The lowest BCUT2D eigenvalue weighted by atomic mass is 9.45. The fourth-order valence-corrected chi connectivity index (χ4v) is 9.97. The van der Waals surface area contributed by atoms with E-state index in [9.17, 15) is 29.4 Å². The number of ketones is 2. The van der Waals surface area contributed by atoms with Crippen LogP contribution in [0.5, 0.6) is 0 Å². The average Bonchev–Trinajstić information content (AvgIpc) is 3.20. The molecule has 6 fully saturated rings. The van der Waals surface area contributed by atoms with Crippen LogP contribution in [-0.2, 0) is 38.1 Å². The summed E-state index contributed by atoms with van der Waals surface area (Å²) in [6.45, 7) is 4.45. The lowest BCUT2D eigenvalue weighted by Gasteiger charge is -2.64. The van der Waals surface area contributed by atoms with E-state index in [2.05, 4.69) is 0 Å². The summed E-state index contributed by atoms with van der Waals surface area (Å²) in [4.78, 5) is 55.4. The first kappa shape index (κ1) is 23.5. The Kier molecular flexibility index (Phi) is 3.81. The molecule has 5 aliphatic heterocycles. The van der Waals surface area contributed by atoms with Crippen molar-refractivity contribution in [3.05, 3.63) is 23.8 Å². The van der Waals surface area contributed by atoms with Gasteiger partial charge in [0, 0.05) is 11.3 Å². The highest BCUT2D eigenvalue weighted by Gasteiger charge is 2.94. The normalized spacial score (nSPS) is 59.2. The zero-order valence-electron chi connectivity index (χ0n) is 21.4. The number of ether oxygens (including phenoxy) is 4. The third-order valence-electron chi connectivity index (χ3n) is 12.1. The van der Waals surface area contributed by atoms with Crippen LogP contribution in [0.25, 0.3) is 0 Å². The summed E-state index contributed by atoms with van der Waals surface area (Å²) in [6.07, 6.45) is 5.36. The van der Waals surface area contributed by atoms with Crippen molar-refractivity contribution >= 4 is 23.5 Å². The third kappa shape index (κ3) is 1.91. The molecule has 0 unspecified atom stereocenters. The molecule has 0 aromatic carbocycles. The lowest BCUT2D eigenvalue weighted by molar-refractivity contribution is -0.390. The SMILES string of the molecule is C[C@]12C(=O)C=CCC1=CC[C@@H]1[C@@H]2CC[C@]2(O)C(=O)O[C@@]3(C)[C@H]4C[C@@]5(C)[C@@H]6C(=O)[C@@]1(OC[C@@]5(O)C(=O)O4)O[C@@]632. The van der Waals surface area contributed by atoms with E-state index in [-0.39, 0.29) is 25.0 Å². The van der Waals surface area contributed by atoms with Crippen LogP contribution in [-0.4, -0.2) is 74.6 Å². The Bertz CT molecular complexity index is 1350. The molecular formula is C28H30O10. The van der Waals surface area contributed by atoms with Crippen LogP contribution in [0.4, 0.5) is 0 Å². The molecule has 11 atom stereocenters. The first-order valence-electron chi connectivity index (χ1n) is 13.4. The number of carbonyl (C=O) groups is 4. The molecular weight excluding hydrogens is 496 g/mol. The Morgan fingerprint density at radius 1 is 1.00 bits per heavy atom. The van der Waals surface area contributed by atoms with E-state index >= 15 is 0 Å². The molecule has 10 heteroatoms. The second kappa shape index (κ2) is 6.16. The molecule has 8 aliphatic rings. The molecule has 10 nitrogen and oxygen atoms in total. The Balaban J connectivity index is 1.45. The maximum absolute atomic E-state index is 14.9. The number of fused-ring (bicyclic) bond motifs is 5. The standard InChI is InChI=1S/C28H30O10/c1-22-11-17-24(3)28-18(22)19(30)27(38-28,35-12-26(22,34)20(31)36-17)15-8-7-13-5-4-6-16(29)23(13,2)14(15)9-10-25(28,33)21(32)37-24/h4,6-7,14-15,17-18,33-34H,5,8-12H2,1-3H3/t14-,15+,17+,18-,22-,23-,24-,25-,26+,27-,28-/m0/s1. The highest BCUT2D eigenvalue weighted by atomic mass is 16.8. The van der Waals surface area contributed by atoms with Crippen LogP contribution in [0.3, 0.4) is 0 Å². The van der Waals surface area contributed by atoms with Gasteiger partial charge in [-0.25, -0.2) is 9.59 Å². The number of rotatable bonds is 0. The highest BCUT2D eigenvalue weighted by molar-refractivity contribution is 6.01. The van der Waals surface area contributed by atoms with Gasteiger partial charge in [-0.3, -0.25) is 9.59 Å². The molecule has 38 heavy (non-hydrogen) atoms. The minimum atomic E-state index is -2.30. The van der Waals surface area contributed by atoms with Crippen molar-refractivity contribution in [2.45, 2.75) is 87.2 Å². The molecule has 3 aliphatic carbocycles. The molecule has 5 bridgehead atoms. The first-order valence-corrected chi connectivity index (χ1v) is 13.4. The van der Waals surface area contributed by atoms with Gasteiger partial charge in [0.1, 0.15) is 6.10 Å². The van der Waals surface area contributed by atoms with Gasteiger partial charge in [-0.05, 0) is 57.9 Å². The zero-order valence-corrected chi connectivity index (χ0v) is 21.4. The molecule has 5 saturated heterocycles. The van der Waals surface area contributed by atoms with E-state index in [1.54, 1.807) is 13.0 Å². The molecule has 2 spiro atoms. The smallest absolute Gasteiger partial charge is 0.342 e. The van der Waals surface area contributed by atoms with E-state index in [1.807, 2.05) is 19.1 Å². The van der Waals surface area contributed by atoms with E-state index in [0.717, 1.165) is 5.57 Å². The molecule has 1 saturated carbocycles. The van der Waals surface area contributed by atoms with Gasteiger partial charge in [0.2, 0.25) is 5.79 Å². The largest absolute Gasteiger partial charge is 0.456 e. The number of carbonyl (C=O) groups excluding carboxylic acids is 4. The van der Waals surface area contributed by atoms with Gasteiger partial charge in [0.25, 0.3) is 0 Å². The second-order valence-electron chi connectivity index (χ2n) is 13.2. The molecule has 0 radical (unpaired) electrons. The summed E-state index contributed by atoms with van der Waals surface area (Å²) in [5.41, 5.74) is -9.72. The minimum Gasteiger partial charge on any atom is -0.456 e. The van der Waals surface area contributed by atoms with Gasteiger partial charge in [0.15, 0.2) is 34.0 Å². The van der Waals surface area contributed by atoms with Crippen molar-refractivity contribution in [1.82, 2.24) is 0 Å². The van der Waals surface area contributed by atoms with Crippen molar-refractivity contribution in [3.63, 3.8) is 0 Å². The van der Waals surface area contributed by atoms with E-state index < -0.39 is 87.2 Å². The molecule has 0 amide bonds. The van der Waals surface area contributed by atoms with Gasteiger partial charge >= 0.3 is 11.9 Å². The van der Waals surface area contributed by atoms with Gasteiger partial charge in [-0.2, -0.15) is 0 Å². The van der Waals surface area contributed by atoms with Crippen molar-refractivity contribution < 1.29 is 48.3 Å². The predicted octanol–water partition coefficient (Wildman–Crippen LogP) is 0.672. The van der Waals surface area contributed by atoms with Gasteiger partial charge in [0.05, 0.1) is 17.9 Å². The van der Waals surface area contributed by atoms with Crippen molar-refractivity contribution in [1.29, 1.82) is 0 Å². The van der Waals surface area contributed by atoms with Gasteiger partial charge in [-0.1, -0.05) is 24.6 Å². The molecule has 202 valence electrons. The van der Waals surface area contributed by atoms with Crippen molar-refractivity contribution in [3.8, 4) is 0 Å². The minimum absolute atomic E-state index is 0.0230. The number of Topliss-reactive ketones (excluding diaryl/α,β-unsaturated/α-hetero) is 1. The fraction of sp³-hybridized carbons (Fsp3) is 0.714. The quantitative estimate of drug-likeness (QED) is 0.341. The Hall–Kier alpha value is -2.40. The first-order chi connectivity index (χ1) is 17.8. The number of allylic oxidation sites excluding steroid dienone is 4.